The van der Waals surface area contributed by atoms with Gasteiger partial charge in [0, 0.05) is 30.4 Å². The SMILES string of the molecule is CC(C)(C)C(O)N1CCC(CC#N)(n2cc(C(N)=O)c(Nc3ccccc3)n2)CC1. The molecule has 8 heteroatoms. The number of benzene rings is 1. The number of aliphatic hydroxyl groups excluding tert-OH is 1. The second kappa shape index (κ2) is 8.46. The van der Waals surface area contributed by atoms with Crippen LogP contribution in [0.15, 0.2) is 36.5 Å². The first kappa shape index (κ1) is 21.8. The Morgan fingerprint density at radius 1 is 1.33 bits per heavy atom. The number of carbonyl (C=O) groups is 1. The van der Waals surface area contributed by atoms with Gasteiger partial charge in [-0.3, -0.25) is 14.4 Å². The lowest BCUT2D eigenvalue weighted by molar-refractivity contribution is -0.0922. The third kappa shape index (κ3) is 4.48. The summed E-state index contributed by atoms with van der Waals surface area (Å²) in [4.78, 5) is 14.1. The number of primary amides is 1. The first-order chi connectivity index (χ1) is 14.2. The molecule has 2 heterocycles. The molecule has 4 N–H and O–H groups in total. The van der Waals surface area contributed by atoms with E-state index >= 15 is 0 Å². The molecule has 0 saturated carbocycles. The van der Waals surface area contributed by atoms with E-state index in [2.05, 4.69) is 16.5 Å². The standard InChI is InChI=1S/C22H30N6O2/c1-21(2,3)20(30)27-13-10-22(9-12-23,11-14-27)28-15-17(18(24)29)19(26-28)25-16-7-5-4-6-8-16/h4-8,15,20,30H,9-11,13-14H2,1-3H3,(H2,24,29)(H,25,26). The van der Waals surface area contributed by atoms with Crippen LogP contribution in [0.2, 0.25) is 0 Å². The number of amides is 1. The van der Waals surface area contributed by atoms with Gasteiger partial charge in [-0.05, 0) is 25.0 Å². The van der Waals surface area contributed by atoms with Gasteiger partial charge in [0.25, 0.3) is 5.91 Å². The van der Waals surface area contributed by atoms with Crippen molar-refractivity contribution in [2.75, 3.05) is 18.4 Å². The number of aromatic nitrogens is 2. The smallest absolute Gasteiger partial charge is 0.254 e. The lowest BCUT2D eigenvalue weighted by Crippen LogP contribution is -2.52. The molecule has 0 radical (unpaired) electrons. The topological polar surface area (TPSA) is 120 Å². The van der Waals surface area contributed by atoms with E-state index in [1.54, 1.807) is 10.9 Å². The number of rotatable bonds is 6. The zero-order valence-corrected chi connectivity index (χ0v) is 17.8. The van der Waals surface area contributed by atoms with E-state index < -0.39 is 17.7 Å². The molecule has 1 fully saturated rings. The number of nitriles is 1. The first-order valence-electron chi connectivity index (χ1n) is 10.2. The Labute approximate surface area is 177 Å². The highest BCUT2D eigenvalue weighted by atomic mass is 16.3. The molecule has 3 rings (SSSR count). The van der Waals surface area contributed by atoms with Crippen molar-refractivity contribution in [3.05, 3.63) is 42.1 Å². The Bertz CT molecular complexity index is 917. The first-order valence-corrected chi connectivity index (χ1v) is 10.2. The van der Waals surface area contributed by atoms with Crippen LogP contribution in [0, 0.1) is 16.7 Å². The van der Waals surface area contributed by atoms with Crippen LogP contribution in [0.3, 0.4) is 0 Å². The highest BCUT2D eigenvalue weighted by Crippen LogP contribution is 2.37. The molecule has 0 bridgehead atoms. The van der Waals surface area contributed by atoms with Crippen LogP contribution in [0.4, 0.5) is 11.5 Å². The van der Waals surface area contributed by atoms with Crippen molar-refractivity contribution in [1.82, 2.24) is 14.7 Å². The summed E-state index contributed by atoms with van der Waals surface area (Å²) in [5, 5.41) is 27.9. The van der Waals surface area contributed by atoms with Crippen molar-refractivity contribution in [2.24, 2.45) is 11.1 Å². The van der Waals surface area contributed by atoms with Gasteiger partial charge in [-0.1, -0.05) is 39.0 Å². The summed E-state index contributed by atoms with van der Waals surface area (Å²) in [5.74, 6) is -0.199. The molecule has 1 aromatic carbocycles. The van der Waals surface area contributed by atoms with Crippen molar-refractivity contribution in [3.8, 4) is 6.07 Å². The van der Waals surface area contributed by atoms with Gasteiger partial charge < -0.3 is 16.2 Å². The number of nitrogens with zero attached hydrogens (tertiary/aromatic N) is 4. The molecular formula is C22H30N6O2. The van der Waals surface area contributed by atoms with Crippen molar-refractivity contribution >= 4 is 17.4 Å². The van der Waals surface area contributed by atoms with Crippen molar-refractivity contribution < 1.29 is 9.90 Å². The Balaban J connectivity index is 1.89. The lowest BCUT2D eigenvalue weighted by atomic mass is 9.83. The zero-order valence-electron chi connectivity index (χ0n) is 17.8. The number of hydrogen-bond acceptors (Lipinski definition) is 6. The number of nitrogens with one attached hydrogen (secondary N) is 1. The average Bonchev–Trinajstić information content (AvgIpc) is 3.13. The molecule has 1 aromatic heterocycles. The third-order valence-electron chi connectivity index (χ3n) is 5.76. The Hall–Kier alpha value is -2.89. The zero-order chi connectivity index (χ0) is 21.9. The van der Waals surface area contributed by atoms with Gasteiger partial charge in [0.1, 0.15) is 11.8 Å². The van der Waals surface area contributed by atoms with Crippen molar-refractivity contribution in [2.45, 2.75) is 51.8 Å². The Morgan fingerprint density at radius 3 is 2.50 bits per heavy atom. The summed E-state index contributed by atoms with van der Waals surface area (Å²) in [5.41, 5.74) is 5.87. The number of likely N-dealkylation sites (tertiary alicyclic amines) is 1. The van der Waals surface area contributed by atoms with Crippen LogP contribution < -0.4 is 11.1 Å². The second-order valence-corrected chi connectivity index (χ2v) is 9.03. The van der Waals surface area contributed by atoms with Gasteiger partial charge in [0.15, 0.2) is 5.82 Å². The van der Waals surface area contributed by atoms with Crippen LogP contribution in [0.5, 0.6) is 0 Å². The molecule has 1 aliphatic rings. The maximum Gasteiger partial charge on any atom is 0.254 e. The summed E-state index contributed by atoms with van der Waals surface area (Å²) >= 11 is 0. The summed E-state index contributed by atoms with van der Waals surface area (Å²) in [6, 6.07) is 11.7. The van der Waals surface area contributed by atoms with Gasteiger partial charge in [-0.25, -0.2) is 0 Å². The van der Waals surface area contributed by atoms with E-state index in [0.717, 1.165) is 5.69 Å². The normalized spacial score (nSPS) is 17.8. The molecule has 0 aliphatic carbocycles. The number of aliphatic hydroxyl groups is 1. The molecule has 2 aromatic rings. The fraction of sp³-hybridized carbons (Fsp3) is 0.500. The number of carbonyl (C=O) groups excluding carboxylic acids is 1. The van der Waals surface area contributed by atoms with E-state index in [-0.39, 0.29) is 17.4 Å². The number of piperidine rings is 1. The molecule has 30 heavy (non-hydrogen) atoms. The van der Waals surface area contributed by atoms with Gasteiger partial charge in [-0.2, -0.15) is 10.4 Å². The molecule has 1 atom stereocenters. The minimum atomic E-state index is -0.577. The van der Waals surface area contributed by atoms with Crippen LogP contribution in [0.25, 0.3) is 0 Å². The minimum Gasteiger partial charge on any atom is -0.378 e. The van der Waals surface area contributed by atoms with Crippen LogP contribution >= 0.6 is 0 Å². The van der Waals surface area contributed by atoms with E-state index in [0.29, 0.717) is 31.7 Å². The molecular weight excluding hydrogens is 380 g/mol. The third-order valence-corrected chi connectivity index (χ3v) is 5.76. The molecule has 0 spiro atoms. The van der Waals surface area contributed by atoms with E-state index in [1.807, 2.05) is 56.0 Å². The highest BCUT2D eigenvalue weighted by Gasteiger charge is 2.41. The molecule has 1 saturated heterocycles. The predicted molar refractivity (Wildman–Crippen MR) is 115 cm³/mol. The lowest BCUT2D eigenvalue weighted by Gasteiger charge is -2.45. The maximum atomic E-state index is 12.0. The number of para-hydroxylation sites is 1. The largest absolute Gasteiger partial charge is 0.378 e. The second-order valence-electron chi connectivity index (χ2n) is 9.03. The van der Waals surface area contributed by atoms with Gasteiger partial charge in [0.05, 0.1) is 18.0 Å². The highest BCUT2D eigenvalue weighted by molar-refractivity contribution is 5.98. The fourth-order valence-electron chi connectivity index (χ4n) is 3.91. The Kier molecular flexibility index (Phi) is 6.15. The quantitative estimate of drug-likeness (QED) is 0.673. The van der Waals surface area contributed by atoms with Crippen molar-refractivity contribution in [1.29, 1.82) is 5.26 Å². The number of anilines is 2. The summed E-state index contributed by atoms with van der Waals surface area (Å²) < 4.78 is 1.72. The fourth-order valence-corrected chi connectivity index (χ4v) is 3.91. The molecule has 1 aliphatic heterocycles. The van der Waals surface area contributed by atoms with E-state index in [1.165, 1.54) is 0 Å². The van der Waals surface area contributed by atoms with Crippen LogP contribution in [-0.2, 0) is 5.54 Å². The van der Waals surface area contributed by atoms with E-state index in [9.17, 15) is 15.2 Å². The van der Waals surface area contributed by atoms with Gasteiger partial charge in [0.2, 0.25) is 0 Å². The summed E-state index contributed by atoms with van der Waals surface area (Å²) in [7, 11) is 0. The monoisotopic (exact) mass is 410 g/mol. The molecule has 8 nitrogen and oxygen atoms in total. The number of nitrogens with two attached hydrogens (primary N) is 1. The summed E-state index contributed by atoms with van der Waals surface area (Å²) in [6.45, 7) is 7.27. The minimum absolute atomic E-state index is 0.257. The maximum absolute atomic E-state index is 12.0. The van der Waals surface area contributed by atoms with Crippen LogP contribution in [0.1, 0.15) is 50.4 Å². The van der Waals surface area contributed by atoms with Gasteiger partial charge in [-0.15, -0.1) is 0 Å². The molecule has 1 amide bonds. The molecule has 1 unspecified atom stereocenters. The van der Waals surface area contributed by atoms with Crippen molar-refractivity contribution in [3.63, 3.8) is 0 Å². The van der Waals surface area contributed by atoms with Crippen LogP contribution in [-0.4, -0.2) is 45.0 Å². The van der Waals surface area contributed by atoms with E-state index in [4.69, 9.17) is 5.73 Å². The Morgan fingerprint density at radius 2 is 1.97 bits per heavy atom. The number of hydrogen-bond donors (Lipinski definition) is 3. The van der Waals surface area contributed by atoms with Gasteiger partial charge >= 0.3 is 0 Å². The summed E-state index contributed by atoms with van der Waals surface area (Å²) in [6.07, 6.45) is 2.61. The predicted octanol–water partition coefficient (Wildman–Crippen LogP) is 2.79. The molecule has 160 valence electrons. The average molecular weight is 411 g/mol.